The summed E-state index contributed by atoms with van der Waals surface area (Å²) in [7, 11) is 1.63. The van der Waals surface area contributed by atoms with Gasteiger partial charge in [0.25, 0.3) is 0 Å². The van der Waals surface area contributed by atoms with Crippen molar-refractivity contribution in [3.8, 4) is 0 Å². The summed E-state index contributed by atoms with van der Waals surface area (Å²) < 4.78 is 5.19. The number of hydrogen-bond donors (Lipinski definition) is 1. The van der Waals surface area contributed by atoms with Crippen molar-refractivity contribution < 1.29 is 14.3 Å². The van der Waals surface area contributed by atoms with E-state index in [1.54, 1.807) is 11.9 Å². The third-order valence-electron chi connectivity index (χ3n) is 3.15. The molecule has 0 aromatic carbocycles. The van der Waals surface area contributed by atoms with Crippen LogP contribution in [0.2, 0.25) is 0 Å². The summed E-state index contributed by atoms with van der Waals surface area (Å²) in [5.41, 5.74) is 5.84. The number of carbonyl (C=O) groups is 2. The zero-order valence-corrected chi connectivity index (χ0v) is 13.3. The number of nitrogens with zero attached hydrogens (tertiary/aromatic N) is 2. The molecule has 0 aromatic heterocycles. The van der Waals surface area contributed by atoms with Crippen molar-refractivity contribution in [1.29, 1.82) is 0 Å². The molecule has 20 heavy (non-hydrogen) atoms. The second kappa shape index (κ2) is 9.15. The SMILES string of the molecule is CC(C)C[C@H](N)C(=O)N(C)CC(=O)N1CCOCC1.Cl. The minimum atomic E-state index is -0.525. The standard InChI is InChI=1S/C13H25N3O3.ClH/c1-10(2)8-11(14)13(18)15(3)9-12(17)16-4-6-19-7-5-16;/h10-11H,4-9,14H2,1-3H3;1H/t11-;/m0./s1. The first-order valence-corrected chi connectivity index (χ1v) is 6.78. The van der Waals surface area contributed by atoms with E-state index in [1.807, 2.05) is 13.8 Å². The molecule has 118 valence electrons. The normalized spacial score (nSPS) is 16.6. The molecule has 0 bridgehead atoms. The number of hydrogen-bond acceptors (Lipinski definition) is 4. The largest absolute Gasteiger partial charge is 0.378 e. The van der Waals surface area contributed by atoms with Gasteiger partial charge in [-0.2, -0.15) is 0 Å². The molecule has 6 nitrogen and oxygen atoms in total. The Kier molecular flexibility index (Phi) is 8.76. The molecule has 1 atom stereocenters. The lowest BCUT2D eigenvalue weighted by Gasteiger charge is -2.29. The highest BCUT2D eigenvalue weighted by Crippen LogP contribution is 2.06. The second-order valence-corrected chi connectivity index (χ2v) is 5.42. The van der Waals surface area contributed by atoms with Gasteiger partial charge in [-0.15, -0.1) is 12.4 Å². The van der Waals surface area contributed by atoms with Crippen LogP contribution in [-0.4, -0.2) is 67.6 Å². The van der Waals surface area contributed by atoms with Gasteiger partial charge in [-0.25, -0.2) is 0 Å². The number of ether oxygens (including phenoxy) is 1. The molecule has 1 saturated heterocycles. The van der Waals surface area contributed by atoms with Gasteiger partial charge < -0.3 is 20.3 Å². The van der Waals surface area contributed by atoms with Gasteiger partial charge in [-0.05, 0) is 12.3 Å². The molecule has 1 heterocycles. The van der Waals surface area contributed by atoms with Crippen LogP contribution in [0.5, 0.6) is 0 Å². The topological polar surface area (TPSA) is 75.9 Å². The van der Waals surface area contributed by atoms with Crippen molar-refractivity contribution >= 4 is 24.2 Å². The summed E-state index contributed by atoms with van der Waals surface area (Å²) in [6.45, 7) is 6.45. The van der Waals surface area contributed by atoms with Gasteiger partial charge in [0.1, 0.15) is 0 Å². The lowest BCUT2D eigenvalue weighted by Crippen LogP contribution is -2.49. The van der Waals surface area contributed by atoms with Gasteiger partial charge >= 0.3 is 0 Å². The second-order valence-electron chi connectivity index (χ2n) is 5.42. The smallest absolute Gasteiger partial charge is 0.242 e. The molecule has 0 unspecified atom stereocenters. The highest BCUT2D eigenvalue weighted by molar-refractivity contribution is 5.87. The van der Waals surface area contributed by atoms with E-state index in [2.05, 4.69) is 0 Å². The van der Waals surface area contributed by atoms with Crippen molar-refractivity contribution in [2.75, 3.05) is 39.9 Å². The van der Waals surface area contributed by atoms with Crippen LogP contribution in [-0.2, 0) is 14.3 Å². The van der Waals surface area contributed by atoms with E-state index in [4.69, 9.17) is 10.5 Å². The fourth-order valence-corrected chi connectivity index (χ4v) is 2.09. The van der Waals surface area contributed by atoms with Crippen LogP contribution in [0.25, 0.3) is 0 Å². The number of nitrogens with two attached hydrogens (primary N) is 1. The van der Waals surface area contributed by atoms with Gasteiger partial charge in [0.15, 0.2) is 0 Å². The van der Waals surface area contributed by atoms with E-state index in [0.29, 0.717) is 38.6 Å². The minimum Gasteiger partial charge on any atom is -0.378 e. The zero-order chi connectivity index (χ0) is 14.4. The predicted molar refractivity (Wildman–Crippen MR) is 79.7 cm³/mol. The number of carbonyl (C=O) groups excluding carboxylic acids is 2. The fourth-order valence-electron chi connectivity index (χ4n) is 2.09. The van der Waals surface area contributed by atoms with E-state index < -0.39 is 6.04 Å². The third kappa shape index (κ3) is 6.07. The highest BCUT2D eigenvalue weighted by Gasteiger charge is 2.23. The molecule has 0 saturated carbocycles. The molecule has 2 N–H and O–H groups in total. The molecule has 0 spiro atoms. The molecule has 1 aliphatic rings. The highest BCUT2D eigenvalue weighted by atomic mass is 35.5. The molecular formula is C13H26ClN3O3. The Morgan fingerprint density at radius 3 is 2.35 bits per heavy atom. The van der Waals surface area contributed by atoms with Crippen LogP contribution in [0.1, 0.15) is 20.3 Å². The first-order valence-electron chi connectivity index (χ1n) is 6.78. The first kappa shape index (κ1) is 19.1. The Bertz CT molecular complexity index is 320. The lowest BCUT2D eigenvalue weighted by atomic mass is 10.0. The van der Waals surface area contributed by atoms with E-state index in [0.717, 1.165) is 0 Å². The zero-order valence-electron chi connectivity index (χ0n) is 12.5. The van der Waals surface area contributed by atoms with Crippen molar-refractivity contribution in [1.82, 2.24) is 9.80 Å². The van der Waals surface area contributed by atoms with E-state index in [9.17, 15) is 9.59 Å². The van der Waals surface area contributed by atoms with Crippen LogP contribution < -0.4 is 5.73 Å². The molecule has 0 aliphatic carbocycles. The monoisotopic (exact) mass is 307 g/mol. The summed E-state index contributed by atoms with van der Waals surface area (Å²) >= 11 is 0. The molecule has 0 radical (unpaired) electrons. The number of halogens is 1. The summed E-state index contributed by atoms with van der Waals surface area (Å²) in [5.74, 6) is 0.147. The van der Waals surface area contributed by atoms with Gasteiger partial charge in [0.05, 0.1) is 25.8 Å². The van der Waals surface area contributed by atoms with Gasteiger partial charge in [0.2, 0.25) is 11.8 Å². The van der Waals surface area contributed by atoms with E-state index in [-0.39, 0.29) is 30.8 Å². The third-order valence-corrected chi connectivity index (χ3v) is 3.15. The predicted octanol–water partition coefficient (Wildman–Crippen LogP) is 0.0988. The van der Waals surface area contributed by atoms with Crippen molar-refractivity contribution in [3.63, 3.8) is 0 Å². The molecule has 1 aliphatic heterocycles. The Balaban J connectivity index is 0.00000361. The Labute approximate surface area is 127 Å². The molecule has 1 fully saturated rings. The number of likely N-dealkylation sites (N-methyl/N-ethyl adjacent to an activating group) is 1. The van der Waals surface area contributed by atoms with Crippen LogP contribution >= 0.6 is 12.4 Å². The minimum absolute atomic E-state index is 0. The number of rotatable bonds is 5. The number of morpholine rings is 1. The Morgan fingerprint density at radius 1 is 1.30 bits per heavy atom. The number of amides is 2. The Morgan fingerprint density at radius 2 is 1.85 bits per heavy atom. The van der Waals surface area contributed by atoms with Crippen LogP contribution in [0.3, 0.4) is 0 Å². The average Bonchev–Trinajstić information content (AvgIpc) is 2.37. The van der Waals surface area contributed by atoms with Crippen molar-refractivity contribution in [2.24, 2.45) is 11.7 Å². The van der Waals surface area contributed by atoms with Crippen molar-refractivity contribution in [3.05, 3.63) is 0 Å². The maximum Gasteiger partial charge on any atom is 0.242 e. The summed E-state index contributed by atoms with van der Waals surface area (Å²) in [4.78, 5) is 27.1. The maximum absolute atomic E-state index is 12.0. The maximum atomic E-state index is 12.0. The van der Waals surface area contributed by atoms with Crippen molar-refractivity contribution in [2.45, 2.75) is 26.3 Å². The van der Waals surface area contributed by atoms with Crippen LogP contribution in [0.4, 0.5) is 0 Å². The Hall–Kier alpha value is -0.850. The first-order chi connectivity index (χ1) is 8.91. The average molecular weight is 308 g/mol. The molecule has 1 rings (SSSR count). The summed E-state index contributed by atoms with van der Waals surface area (Å²) in [6.07, 6.45) is 0.634. The quantitative estimate of drug-likeness (QED) is 0.781. The van der Waals surface area contributed by atoms with Crippen LogP contribution in [0, 0.1) is 5.92 Å². The molecular weight excluding hydrogens is 282 g/mol. The van der Waals surface area contributed by atoms with Gasteiger partial charge in [-0.1, -0.05) is 13.8 Å². The fraction of sp³-hybridized carbons (Fsp3) is 0.846. The van der Waals surface area contributed by atoms with Gasteiger partial charge in [-0.3, -0.25) is 9.59 Å². The molecule has 2 amide bonds. The van der Waals surface area contributed by atoms with Crippen LogP contribution in [0.15, 0.2) is 0 Å². The summed E-state index contributed by atoms with van der Waals surface area (Å²) in [5, 5.41) is 0. The van der Waals surface area contributed by atoms with E-state index in [1.165, 1.54) is 4.90 Å². The van der Waals surface area contributed by atoms with Gasteiger partial charge in [0, 0.05) is 20.1 Å². The lowest BCUT2D eigenvalue weighted by molar-refractivity contribution is -0.142. The van der Waals surface area contributed by atoms with E-state index >= 15 is 0 Å². The molecule has 0 aromatic rings. The molecule has 7 heteroatoms. The summed E-state index contributed by atoms with van der Waals surface area (Å²) in [6, 6.07) is -0.525.